The molecule has 0 amide bonds. The number of thiophene rings is 1. The predicted octanol–water partition coefficient (Wildman–Crippen LogP) is 4.88. The number of hydrogen-bond acceptors (Lipinski definition) is 9. The van der Waals surface area contributed by atoms with Crippen molar-refractivity contribution in [1.29, 1.82) is 5.26 Å². The minimum absolute atomic E-state index is 0.0768. The minimum Gasteiger partial charge on any atom is -0.368 e. The fourth-order valence-corrected chi connectivity index (χ4v) is 7.39. The first-order valence-corrected chi connectivity index (χ1v) is 16.0. The van der Waals surface area contributed by atoms with E-state index in [0.717, 1.165) is 88.0 Å². The Balaban J connectivity index is 1.09. The first-order valence-electron chi connectivity index (χ1n) is 15.2. The lowest BCUT2D eigenvalue weighted by molar-refractivity contribution is -0.133. The van der Waals surface area contributed by atoms with Gasteiger partial charge in [0.1, 0.15) is 22.4 Å². The maximum absolute atomic E-state index is 12.8. The Bertz CT molecular complexity index is 1660. The van der Waals surface area contributed by atoms with Crippen LogP contribution in [0.3, 0.4) is 0 Å². The largest absolute Gasteiger partial charge is 0.389 e. The van der Waals surface area contributed by atoms with Crippen molar-refractivity contribution in [3.05, 3.63) is 46.0 Å². The normalized spacial score (nSPS) is 17.4. The number of nitriles is 1. The third kappa shape index (κ3) is 6.94. The number of piperidine rings is 1. The molecule has 0 radical (unpaired) electrons. The van der Waals surface area contributed by atoms with Gasteiger partial charge in [-0.2, -0.15) is 23.4 Å². The molecule has 4 N–H and O–H groups in total. The lowest BCUT2D eigenvalue weighted by Crippen LogP contribution is -2.44. The van der Waals surface area contributed by atoms with Gasteiger partial charge in [0.05, 0.1) is 5.39 Å². The average Bonchev–Trinajstić information content (AvgIpc) is 3.59. The van der Waals surface area contributed by atoms with Crippen molar-refractivity contribution >= 4 is 44.2 Å². The summed E-state index contributed by atoms with van der Waals surface area (Å²) in [5.74, 6) is 0.709. The quantitative estimate of drug-likeness (QED) is 0.241. The summed E-state index contributed by atoms with van der Waals surface area (Å²) in [5.41, 5.74) is 10.3. The Morgan fingerprint density at radius 2 is 1.84 bits per heavy atom. The van der Waals surface area contributed by atoms with E-state index in [1.165, 1.54) is 22.5 Å². The molecule has 13 heteroatoms. The van der Waals surface area contributed by atoms with Crippen LogP contribution in [0.4, 0.5) is 24.9 Å². The standard InChI is InChI=1S/C31H38F3N9S/c1-20-21(2-3-27-25(20)16-23(18-35)43(27)15-14-41-12-8-37-9-13-41)19-42-10-5-22(6-11-42)38-28-26-17-24(4-7-31(32,33)34)44-29(26)40-30(36)39-28/h2-3,16-17,22,37H,4-15,19H2,1H3,(H3,36,38,39,40). The molecule has 1 aromatic carbocycles. The molecular weight excluding hydrogens is 587 g/mol. The molecule has 234 valence electrons. The van der Waals surface area contributed by atoms with E-state index in [9.17, 15) is 18.4 Å². The molecule has 2 aliphatic heterocycles. The molecule has 2 fully saturated rings. The van der Waals surface area contributed by atoms with E-state index in [1.54, 1.807) is 6.07 Å². The van der Waals surface area contributed by atoms with Crippen LogP contribution in [0.5, 0.6) is 0 Å². The van der Waals surface area contributed by atoms with E-state index in [1.807, 2.05) is 6.07 Å². The van der Waals surface area contributed by atoms with Gasteiger partial charge in [-0.15, -0.1) is 11.3 Å². The lowest BCUT2D eigenvalue weighted by Gasteiger charge is -2.33. The van der Waals surface area contributed by atoms with E-state index in [4.69, 9.17) is 5.73 Å². The molecule has 0 spiro atoms. The van der Waals surface area contributed by atoms with E-state index in [0.29, 0.717) is 21.2 Å². The summed E-state index contributed by atoms with van der Waals surface area (Å²) < 4.78 is 40.4. The highest BCUT2D eigenvalue weighted by Gasteiger charge is 2.27. The van der Waals surface area contributed by atoms with Crippen LogP contribution in [0, 0.1) is 18.3 Å². The SMILES string of the molecule is Cc1c(CN2CCC(Nc3nc(N)nc4sc(CCC(F)(F)F)cc34)CC2)ccc2c1cc(C#N)n2CCN1CCNCC1. The summed E-state index contributed by atoms with van der Waals surface area (Å²) in [6, 6.07) is 10.8. The van der Waals surface area contributed by atoms with Crippen LogP contribution in [-0.4, -0.2) is 82.4 Å². The van der Waals surface area contributed by atoms with Crippen LogP contribution in [0.15, 0.2) is 24.3 Å². The summed E-state index contributed by atoms with van der Waals surface area (Å²) in [7, 11) is 0. The molecule has 3 aromatic heterocycles. The number of benzene rings is 1. The Labute approximate surface area is 258 Å². The second-order valence-corrected chi connectivity index (χ2v) is 13.0. The van der Waals surface area contributed by atoms with Gasteiger partial charge >= 0.3 is 6.18 Å². The molecule has 0 atom stereocenters. The van der Waals surface area contributed by atoms with Crippen molar-refractivity contribution in [2.45, 2.75) is 57.9 Å². The molecule has 0 aliphatic carbocycles. The average molecular weight is 626 g/mol. The van der Waals surface area contributed by atoms with Gasteiger partial charge in [0.15, 0.2) is 0 Å². The molecule has 0 saturated carbocycles. The van der Waals surface area contributed by atoms with Gasteiger partial charge in [0.25, 0.3) is 0 Å². The van der Waals surface area contributed by atoms with Crippen LogP contribution >= 0.6 is 11.3 Å². The first-order chi connectivity index (χ1) is 21.2. The monoisotopic (exact) mass is 625 g/mol. The third-order valence-corrected chi connectivity index (χ3v) is 9.96. The lowest BCUT2D eigenvalue weighted by atomic mass is 10.0. The number of nitrogens with two attached hydrogens (primary N) is 1. The van der Waals surface area contributed by atoms with Gasteiger partial charge in [0, 0.05) is 87.1 Å². The van der Waals surface area contributed by atoms with Crippen LogP contribution in [0.1, 0.15) is 41.0 Å². The number of nitrogen functional groups attached to an aromatic ring is 1. The number of alkyl halides is 3. The third-order valence-electron chi connectivity index (χ3n) is 8.87. The molecule has 2 aliphatic rings. The first kappa shape index (κ1) is 30.6. The maximum Gasteiger partial charge on any atom is 0.389 e. The molecule has 0 unspecified atom stereocenters. The summed E-state index contributed by atoms with van der Waals surface area (Å²) in [4.78, 5) is 14.8. The Hall–Kier alpha value is -3.44. The summed E-state index contributed by atoms with van der Waals surface area (Å²) in [6.07, 6.45) is -3.34. The molecule has 5 heterocycles. The van der Waals surface area contributed by atoms with Gasteiger partial charge in [-0.25, -0.2) is 4.98 Å². The summed E-state index contributed by atoms with van der Waals surface area (Å²) in [5, 5.41) is 18.6. The van der Waals surface area contributed by atoms with Crippen molar-refractivity contribution in [2.75, 3.05) is 56.9 Å². The highest BCUT2D eigenvalue weighted by Crippen LogP contribution is 2.33. The Morgan fingerprint density at radius 1 is 1.07 bits per heavy atom. The number of anilines is 2. The van der Waals surface area contributed by atoms with Crippen LogP contribution < -0.4 is 16.4 Å². The number of halogens is 3. The molecule has 6 rings (SSSR count). The second kappa shape index (κ2) is 12.9. The van der Waals surface area contributed by atoms with E-state index in [2.05, 4.69) is 60.1 Å². The molecule has 0 bridgehead atoms. The number of rotatable bonds is 9. The molecule has 2 saturated heterocycles. The van der Waals surface area contributed by atoms with Crippen molar-refractivity contribution in [2.24, 2.45) is 0 Å². The van der Waals surface area contributed by atoms with Gasteiger partial charge in [-0.1, -0.05) is 6.07 Å². The highest BCUT2D eigenvalue weighted by molar-refractivity contribution is 7.18. The van der Waals surface area contributed by atoms with Crippen molar-refractivity contribution in [1.82, 2.24) is 29.7 Å². The fourth-order valence-electron chi connectivity index (χ4n) is 6.36. The van der Waals surface area contributed by atoms with E-state index >= 15 is 0 Å². The number of likely N-dealkylation sites (tertiary alicyclic amines) is 1. The second-order valence-electron chi connectivity index (χ2n) is 11.8. The highest BCUT2D eigenvalue weighted by atomic mass is 32.1. The molecule has 4 aromatic rings. The van der Waals surface area contributed by atoms with Gasteiger partial charge in [-0.3, -0.25) is 9.80 Å². The van der Waals surface area contributed by atoms with Gasteiger partial charge < -0.3 is 20.9 Å². The van der Waals surface area contributed by atoms with E-state index in [-0.39, 0.29) is 18.4 Å². The summed E-state index contributed by atoms with van der Waals surface area (Å²) >= 11 is 1.24. The van der Waals surface area contributed by atoms with Crippen molar-refractivity contribution in [3.63, 3.8) is 0 Å². The number of fused-ring (bicyclic) bond motifs is 2. The molecule has 44 heavy (non-hydrogen) atoms. The zero-order valence-electron chi connectivity index (χ0n) is 24.9. The smallest absolute Gasteiger partial charge is 0.368 e. The number of piperazine rings is 1. The summed E-state index contributed by atoms with van der Waals surface area (Å²) in [6.45, 7) is 10.6. The number of aryl methyl sites for hydroxylation is 2. The zero-order chi connectivity index (χ0) is 30.8. The Morgan fingerprint density at radius 3 is 2.57 bits per heavy atom. The zero-order valence-corrected chi connectivity index (χ0v) is 25.7. The number of hydrogen-bond donors (Lipinski definition) is 3. The number of nitrogens with one attached hydrogen (secondary N) is 2. The van der Waals surface area contributed by atoms with Crippen LogP contribution in [-0.2, 0) is 19.5 Å². The topological polar surface area (TPSA) is 111 Å². The van der Waals surface area contributed by atoms with Crippen molar-refractivity contribution in [3.8, 4) is 6.07 Å². The van der Waals surface area contributed by atoms with E-state index < -0.39 is 12.6 Å². The van der Waals surface area contributed by atoms with Crippen LogP contribution in [0.25, 0.3) is 21.1 Å². The molecular formula is C31H38F3N9S. The Kier molecular flexibility index (Phi) is 8.96. The van der Waals surface area contributed by atoms with Gasteiger partial charge in [-0.05, 0) is 55.5 Å². The predicted molar refractivity (Wildman–Crippen MR) is 169 cm³/mol. The molecule has 9 nitrogen and oxygen atoms in total. The number of nitrogens with zero attached hydrogens (tertiary/aromatic N) is 6. The maximum atomic E-state index is 12.8. The fraction of sp³-hybridized carbons (Fsp3) is 0.516. The van der Waals surface area contributed by atoms with Crippen molar-refractivity contribution < 1.29 is 13.2 Å². The van der Waals surface area contributed by atoms with Gasteiger partial charge in [0.2, 0.25) is 5.95 Å². The number of aromatic nitrogens is 3. The van der Waals surface area contributed by atoms with Crippen LogP contribution in [0.2, 0.25) is 0 Å². The minimum atomic E-state index is -4.20.